The third kappa shape index (κ3) is 3.23. The molecule has 0 unspecified atom stereocenters. The third-order valence-electron chi connectivity index (χ3n) is 4.33. The molecule has 3 rings (SSSR count). The van der Waals surface area contributed by atoms with Crippen LogP contribution in [0.4, 0.5) is 0 Å². The molecule has 1 aromatic heterocycles. The Morgan fingerprint density at radius 2 is 1.81 bits per heavy atom. The molecule has 0 aliphatic heterocycles. The van der Waals surface area contributed by atoms with Crippen LogP contribution in [0.3, 0.4) is 0 Å². The van der Waals surface area contributed by atoms with Crippen LogP contribution in [0.15, 0.2) is 59.4 Å². The van der Waals surface area contributed by atoms with Gasteiger partial charge in [-0.1, -0.05) is 36.4 Å². The Morgan fingerprint density at radius 1 is 1.15 bits per heavy atom. The average molecular weight is 353 g/mol. The van der Waals surface area contributed by atoms with Gasteiger partial charge in [0.05, 0.1) is 24.3 Å². The van der Waals surface area contributed by atoms with Crippen LogP contribution in [0, 0.1) is 17.0 Å². The van der Waals surface area contributed by atoms with Crippen molar-refractivity contribution in [1.29, 1.82) is 0 Å². The number of nitrogens with one attached hydrogen (secondary N) is 1. The molecule has 2 aromatic carbocycles. The van der Waals surface area contributed by atoms with Gasteiger partial charge in [-0.2, -0.15) is 0 Å². The molecule has 26 heavy (non-hydrogen) atoms. The number of benzene rings is 2. The molecular weight excluding hydrogens is 334 g/mol. The maximum absolute atomic E-state index is 13.1. The van der Waals surface area contributed by atoms with E-state index >= 15 is 0 Å². The molecule has 1 atom stereocenters. The molecule has 0 aliphatic rings. The summed E-state index contributed by atoms with van der Waals surface area (Å²) in [5.41, 5.74) is 1.95. The SMILES string of the molecule is COc1ccccc1[C@@H](C[N+](=O)[O-])c1c(C)[nH]n(-c2ccccc2)c1=O. The van der Waals surface area contributed by atoms with Gasteiger partial charge < -0.3 is 4.74 Å². The lowest BCUT2D eigenvalue weighted by atomic mass is 9.91. The van der Waals surface area contributed by atoms with E-state index in [1.807, 2.05) is 18.2 Å². The molecule has 0 bridgehead atoms. The van der Waals surface area contributed by atoms with Gasteiger partial charge in [0.25, 0.3) is 5.56 Å². The normalized spacial score (nSPS) is 11.9. The predicted molar refractivity (Wildman–Crippen MR) is 97.8 cm³/mol. The molecule has 0 spiro atoms. The first-order valence-corrected chi connectivity index (χ1v) is 8.14. The third-order valence-corrected chi connectivity index (χ3v) is 4.33. The summed E-state index contributed by atoms with van der Waals surface area (Å²) >= 11 is 0. The first-order chi connectivity index (χ1) is 12.5. The van der Waals surface area contributed by atoms with Gasteiger partial charge >= 0.3 is 0 Å². The quantitative estimate of drug-likeness (QED) is 0.545. The monoisotopic (exact) mass is 353 g/mol. The van der Waals surface area contributed by atoms with Crippen molar-refractivity contribution in [3.8, 4) is 11.4 Å². The van der Waals surface area contributed by atoms with Crippen LogP contribution in [0.2, 0.25) is 0 Å². The van der Waals surface area contributed by atoms with Crippen LogP contribution in [0.5, 0.6) is 5.75 Å². The number of aromatic nitrogens is 2. The largest absolute Gasteiger partial charge is 0.496 e. The van der Waals surface area contributed by atoms with Crippen molar-refractivity contribution < 1.29 is 9.66 Å². The van der Waals surface area contributed by atoms with E-state index in [-0.39, 0.29) is 5.56 Å². The fourth-order valence-electron chi connectivity index (χ4n) is 3.18. The number of methoxy groups -OCH3 is 1. The highest BCUT2D eigenvalue weighted by atomic mass is 16.6. The first-order valence-electron chi connectivity index (χ1n) is 8.14. The summed E-state index contributed by atoms with van der Waals surface area (Å²) in [6.07, 6.45) is 0. The highest BCUT2D eigenvalue weighted by Gasteiger charge is 2.29. The number of rotatable bonds is 6. The second kappa shape index (κ2) is 7.26. The topological polar surface area (TPSA) is 90.2 Å². The van der Waals surface area contributed by atoms with Gasteiger partial charge in [0.15, 0.2) is 0 Å². The lowest BCUT2D eigenvalue weighted by Crippen LogP contribution is -2.24. The van der Waals surface area contributed by atoms with Gasteiger partial charge in [-0.25, -0.2) is 4.68 Å². The summed E-state index contributed by atoms with van der Waals surface area (Å²) in [7, 11) is 1.51. The van der Waals surface area contributed by atoms with Crippen molar-refractivity contribution in [1.82, 2.24) is 9.78 Å². The van der Waals surface area contributed by atoms with E-state index in [9.17, 15) is 14.9 Å². The fourth-order valence-corrected chi connectivity index (χ4v) is 3.18. The number of H-pyrrole nitrogens is 1. The predicted octanol–water partition coefficient (Wildman–Crippen LogP) is 2.89. The number of aromatic amines is 1. The summed E-state index contributed by atoms with van der Waals surface area (Å²) in [6.45, 7) is 1.35. The summed E-state index contributed by atoms with van der Waals surface area (Å²) in [6, 6.07) is 16.2. The minimum absolute atomic E-state index is 0.300. The van der Waals surface area contributed by atoms with E-state index in [4.69, 9.17) is 4.74 Å². The average Bonchev–Trinajstić information content (AvgIpc) is 2.94. The van der Waals surface area contributed by atoms with Gasteiger partial charge in [0.2, 0.25) is 6.54 Å². The van der Waals surface area contributed by atoms with Crippen LogP contribution >= 0.6 is 0 Å². The van der Waals surface area contributed by atoms with Gasteiger partial charge in [-0.05, 0) is 25.1 Å². The molecule has 0 radical (unpaired) electrons. The molecule has 134 valence electrons. The molecular formula is C19H19N3O4. The number of para-hydroxylation sites is 2. The van der Waals surface area contributed by atoms with Crippen molar-refractivity contribution in [2.75, 3.05) is 13.7 Å². The van der Waals surface area contributed by atoms with E-state index in [0.717, 1.165) is 0 Å². The number of nitro groups is 1. The van der Waals surface area contributed by atoms with Crippen LogP contribution in [0.25, 0.3) is 5.69 Å². The van der Waals surface area contributed by atoms with Crippen molar-refractivity contribution >= 4 is 0 Å². The minimum Gasteiger partial charge on any atom is -0.496 e. The van der Waals surface area contributed by atoms with E-state index in [1.165, 1.54) is 11.8 Å². The standard InChI is InChI=1S/C19H19N3O4/c1-13-18(19(23)22(20-13)14-8-4-3-5-9-14)16(12-21(24)25)15-10-6-7-11-17(15)26-2/h3-11,16,20H,12H2,1-2H3/t16-/m1/s1. The van der Waals surface area contributed by atoms with Crippen molar-refractivity contribution in [3.63, 3.8) is 0 Å². The Bertz CT molecular complexity index is 976. The van der Waals surface area contributed by atoms with E-state index < -0.39 is 17.4 Å². The van der Waals surface area contributed by atoms with Crippen LogP contribution in [0.1, 0.15) is 22.7 Å². The first kappa shape index (κ1) is 17.5. The smallest absolute Gasteiger partial charge is 0.275 e. The number of hydrogen-bond acceptors (Lipinski definition) is 4. The van der Waals surface area contributed by atoms with Crippen LogP contribution in [-0.2, 0) is 0 Å². The van der Waals surface area contributed by atoms with Crippen molar-refractivity contribution in [3.05, 3.63) is 91.9 Å². The summed E-state index contributed by atoms with van der Waals surface area (Å²) in [5, 5.41) is 14.3. The van der Waals surface area contributed by atoms with Gasteiger partial charge in [0.1, 0.15) is 5.75 Å². The summed E-state index contributed by atoms with van der Waals surface area (Å²) < 4.78 is 6.77. The van der Waals surface area contributed by atoms with E-state index in [1.54, 1.807) is 43.3 Å². The van der Waals surface area contributed by atoms with Crippen LogP contribution < -0.4 is 10.3 Å². The highest BCUT2D eigenvalue weighted by Crippen LogP contribution is 2.32. The minimum atomic E-state index is -0.713. The molecule has 0 fully saturated rings. The Balaban J connectivity index is 2.18. The molecule has 7 nitrogen and oxygen atoms in total. The zero-order valence-corrected chi connectivity index (χ0v) is 14.5. The summed E-state index contributed by atoms with van der Waals surface area (Å²) in [5.74, 6) is -0.194. The van der Waals surface area contributed by atoms with E-state index in [2.05, 4.69) is 5.10 Å². The van der Waals surface area contributed by atoms with Crippen LogP contribution in [-0.4, -0.2) is 28.4 Å². The molecule has 7 heteroatoms. The molecule has 0 saturated carbocycles. The van der Waals surface area contributed by atoms with E-state index in [0.29, 0.717) is 28.3 Å². The van der Waals surface area contributed by atoms with Gasteiger partial charge in [0, 0.05) is 16.2 Å². The molecule has 0 saturated heterocycles. The maximum Gasteiger partial charge on any atom is 0.275 e. The highest BCUT2D eigenvalue weighted by molar-refractivity contribution is 5.44. The lowest BCUT2D eigenvalue weighted by molar-refractivity contribution is -0.481. The molecule has 0 amide bonds. The second-order valence-corrected chi connectivity index (χ2v) is 5.94. The second-order valence-electron chi connectivity index (χ2n) is 5.94. The zero-order valence-electron chi connectivity index (χ0n) is 14.5. The molecule has 1 heterocycles. The number of aryl methyl sites for hydroxylation is 1. The fraction of sp³-hybridized carbons (Fsp3) is 0.211. The van der Waals surface area contributed by atoms with Crippen molar-refractivity contribution in [2.24, 2.45) is 0 Å². The Labute approximate surface area is 150 Å². The molecule has 1 N–H and O–H groups in total. The lowest BCUT2D eigenvalue weighted by Gasteiger charge is -2.15. The zero-order chi connectivity index (χ0) is 18.7. The summed E-state index contributed by atoms with van der Waals surface area (Å²) in [4.78, 5) is 23.9. The Kier molecular flexibility index (Phi) is 4.88. The number of hydrogen-bond donors (Lipinski definition) is 1. The molecule has 3 aromatic rings. The van der Waals surface area contributed by atoms with Crippen molar-refractivity contribution in [2.45, 2.75) is 12.8 Å². The Hall–Kier alpha value is -3.35. The number of ether oxygens (including phenoxy) is 1. The van der Waals surface area contributed by atoms with Gasteiger partial charge in [-0.3, -0.25) is 20.0 Å². The van der Waals surface area contributed by atoms with Gasteiger partial charge in [-0.15, -0.1) is 0 Å². The Morgan fingerprint density at radius 3 is 2.46 bits per heavy atom. The number of nitrogens with zero attached hydrogens (tertiary/aromatic N) is 2. The molecule has 0 aliphatic carbocycles. The maximum atomic E-state index is 13.1.